The predicted molar refractivity (Wildman–Crippen MR) is 58.0 cm³/mol. The van der Waals surface area contributed by atoms with Crippen LogP contribution in [0.1, 0.15) is 23.1 Å². The van der Waals surface area contributed by atoms with Crippen LogP contribution in [0.5, 0.6) is 0 Å². The molecule has 0 atom stereocenters. The highest BCUT2D eigenvalue weighted by Gasteiger charge is 2.19. The molecule has 0 fully saturated rings. The van der Waals surface area contributed by atoms with Crippen LogP contribution in [0, 0.1) is 10.6 Å². The minimum absolute atomic E-state index is 0.0791. The lowest BCUT2D eigenvalue weighted by atomic mass is 10.0. The monoisotopic (exact) mass is 327 g/mol. The quantitative estimate of drug-likeness (QED) is 0.686. The fourth-order valence-corrected chi connectivity index (χ4v) is 1.69. The number of alkyl halides is 2. The molecule has 0 unspecified atom stereocenters. The number of hydrogen-bond donors (Lipinski definition) is 1. The van der Waals surface area contributed by atoms with Gasteiger partial charge in [-0.1, -0.05) is 0 Å². The molecule has 0 amide bonds. The maximum atomic E-state index is 12.7. The van der Waals surface area contributed by atoms with Crippen molar-refractivity contribution in [1.29, 1.82) is 0 Å². The lowest BCUT2D eigenvalue weighted by Crippen LogP contribution is -2.08. The summed E-state index contributed by atoms with van der Waals surface area (Å²) in [6.45, 7) is 1.52. The molecule has 0 aromatic carbocycles. The van der Waals surface area contributed by atoms with E-state index in [0.717, 1.165) is 0 Å². The highest BCUT2D eigenvalue weighted by Crippen LogP contribution is 2.28. The SMILES string of the molecule is Cc1c(I)ncc(CC(=O)O)c1C(F)F. The van der Waals surface area contributed by atoms with Gasteiger partial charge < -0.3 is 5.11 Å². The molecule has 1 heterocycles. The van der Waals surface area contributed by atoms with Crippen molar-refractivity contribution in [2.75, 3.05) is 0 Å². The smallest absolute Gasteiger partial charge is 0.307 e. The van der Waals surface area contributed by atoms with Crippen LogP contribution >= 0.6 is 22.6 Å². The number of rotatable bonds is 3. The molecular formula is C9H8F2INO2. The Morgan fingerprint density at radius 1 is 1.67 bits per heavy atom. The second-order valence-electron chi connectivity index (χ2n) is 2.98. The van der Waals surface area contributed by atoms with Crippen LogP contribution in [0.2, 0.25) is 0 Å². The number of carbonyl (C=O) groups is 1. The second kappa shape index (κ2) is 4.82. The van der Waals surface area contributed by atoms with Crippen molar-refractivity contribution in [3.05, 3.63) is 26.6 Å². The van der Waals surface area contributed by atoms with E-state index in [1.165, 1.54) is 13.1 Å². The van der Waals surface area contributed by atoms with E-state index in [9.17, 15) is 13.6 Å². The lowest BCUT2D eigenvalue weighted by Gasteiger charge is -2.10. The first-order chi connectivity index (χ1) is 6.93. The Morgan fingerprint density at radius 2 is 2.27 bits per heavy atom. The van der Waals surface area contributed by atoms with Crippen LogP contribution in [0.3, 0.4) is 0 Å². The minimum atomic E-state index is -2.67. The van der Waals surface area contributed by atoms with Gasteiger partial charge in [0, 0.05) is 11.8 Å². The summed E-state index contributed by atoms with van der Waals surface area (Å²) >= 11 is 1.84. The zero-order valence-electron chi connectivity index (χ0n) is 7.80. The summed E-state index contributed by atoms with van der Waals surface area (Å²) in [5.41, 5.74) is 0.219. The van der Waals surface area contributed by atoms with E-state index in [1.54, 1.807) is 0 Å². The summed E-state index contributed by atoms with van der Waals surface area (Å²) in [7, 11) is 0. The van der Waals surface area contributed by atoms with Gasteiger partial charge in [-0.3, -0.25) is 4.79 Å². The van der Waals surface area contributed by atoms with Crippen LogP contribution in [-0.2, 0) is 11.2 Å². The van der Waals surface area contributed by atoms with Gasteiger partial charge in [-0.15, -0.1) is 0 Å². The maximum Gasteiger partial charge on any atom is 0.307 e. The molecule has 0 aliphatic carbocycles. The van der Waals surface area contributed by atoms with Crippen LogP contribution < -0.4 is 0 Å². The maximum absolute atomic E-state index is 12.7. The number of nitrogens with zero attached hydrogens (tertiary/aromatic N) is 1. The van der Waals surface area contributed by atoms with Gasteiger partial charge in [0.15, 0.2) is 0 Å². The predicted octanol–water partition coefficient (Wildman–Crippen LogP) is 2.56. The topological polar surface area (TPSA) is 50.2 Å². The number of aromatic nitrogens is 1. The molecular weight excluding hydrogens is 319 g/mol. The Bertz CT molecular complexity index is 396. The average Bonchev–Trinajstić information content (AvgIpc) is 2.10. The molecule has 0 bridgehead atoms. The molecule has 1 N–H and O–H groups in total. The van der Waals surface area contributed by atoms with E-state index < -0.39 is 18.8 Å². The van der Waals surface area contributed by atoms with E-state index in [-0.39, 0.29) is 11.1 Å². The number of halogens is 3. The number of carboxylic acid groups (broad SMARTS) is 1. The largest absolute Gasteiger partial charge is 0.481 e. The molecule has 82 valence electrons. The fraction of sp³-hybridized carbons (Fsp3) is 0.333. The average molecular weight is 327 g/mol. The van der Waals surface area contributed by atoms with Gasteiger partial charge in [0.05, 0.1) is 6.42 Å². The van der Waals surface area contributed by atoms with E-state index in [0.29, 0.717) is 9.26 Å². The van der Waals surface area contributed by atoms with E-state index in [4.69, 9.17) is 5.11 Å². The Morgan fingerprint density at radius 3 is 2.73 bits per heavy atom. The van der Waals surface area contributed by atoms with E-state index in [1.807, 2.05) is 22.6 Å². The van der Waals surface area contributed by atoms with Crippen LogP contribution in [0.15, 0.2) is 6.20 Å². The minimum Gasteiger partial charge on any atom is -0.481 e. The zero-order valence-corrected chi connectivity index (χ0v) is 9.96. The third-order valence-electron chi connectivity index (χ3n) is 1.95. The normalized spacial score (nSPS) is 10.7. The standard InChI is InChI=1S/C9H8F2INO2/c1-4-7(8(10)11)5(2-6(14)15)3-13-9(4)12/h3,8H,2H2,1H3,(H,14,15). The molecule has 0 spiro atoms. The first-order valence-corrected chi connectivity index (χ1v) is 5.15. The number of pyridine rings is 1. The Hall–Kier alpha value is -0.790. The molecule has 0 saturated heterocycles. The molecule has 0 aliphatic rings. The highest BCUT2D eigenvalue weighted by atomic mass is 127. The summed E-state index contributed by atoms with van der Waals surface area (Å²) in [4.78, 5) is 14.3. The Labute approximate surface area is 98.7 Å². The fourth-order valence-electron chi connectivity index (χ4n) is 1.26. The van der Waals surface area contributed by atoms with Crippen molar-refractivity contribution >= 4 is 28.6 Å². The molecule has 0 radical (unpaired) electrons. The Balaban J connectivity index is 3.26. The van der Waals surface area contributed by atoms with Crippen LogP contribution in [0.25, 0.3) is 0 Å². The van der Waals surface area contributed by atoms with Gasteiger partial charge in [0.25, 0.3) is 6.43 Å². The van der Waals surface area contributed by atoms with Crippen LogP contribution in [-0.4, -0.2) is 16.1 Å². The molecule has 6 heteroatoms. The third kappa shape index (κ3) is 2.83. The van der Waals surface area contributed by atoms with E-state index >= 15 is 0 Å². The third-order valence-corrected chi connectivity index (χ3v) is 3.04. The summed E-state index contributed by atoms with van der Waals surface area (Å²) in [5, 5.41) is 8.56. The van der Waals surface area contributed by atoms with Crippen molar-refractivity contribution in [2.45, 2.75) is 19.8 Å². The van der Waals surface area contributed by atoms with Crippen molar-refractivity contribution in [3.8, 4) is 0 Å². The number of aliphatic carboxylic acids is 1. The number of carboxylic acids is 1. The molecule has 1 rings (SSSR count). The Kier molecular flexibility index (Phi) is 3.95. The summed E-state index contributed by atoms with van der Waals surface area (Å²) in [6.07, 6.45) is -1.90. The second-order valence-corrected chi connectivity index (χ2v) is 4.01. The molecule has 15 heavy (non-hydrogen) atoms. The lowest BCUT2D eigenvalue weighted by molar-refractivity contribution is -0.136. The van der Waals surface area contributed by atoms with Gasteiger partial charge in [-0.05, 0) is 40.6 Å². The highest BCUT2D eigenvalue weighted by molar-refractivity contribution is 14.1. The van der Waals surface area contributed by atoms with Crippen molar-refractivity contribution in [2.24, 2.45) is 0 Å². The molecule has 0 aliphatic heterocycles. The molecule has 0 saturated carbocycles. The van der Waals surface area contributed by atoms with Crippen molar-refractivity contribution in [3.63, 3.8) is 0 Å². The first kappa shape index (κ1) is 12.3. The van der Waals surface area contributed by atoms with E-state index in [2.05, 4.69) is 4.98 Å². The summed E-state index contributed by atoms with van der Waals surface area (Å²) in [5.74, 6) is -1.14. The summed E-state index contributed by atoms with van der Waals surface area (Å²) < 4.78 is 25.9. The van der Waals surface area contributed by atoms with Gasteiger partial charge in [0.1, 0.15) is 3.70 Å². The summed E-state index contributed by atoms with van der Waals surface area (Å²) in [6, 6.07) is 0. The zero-order chi connectivity index (χ0) is 11.6. The molecule has 1 aromatic heterocycles. The number of hydrogen-bond acceptors (Lipinski definition) is 2. The van der Waals surface area contributed by atoms with Gasteiger partial charge in [-0.2, -0.15) is 0 Å². The van der Waals surface area contributed by atoms with Crippen LogP contribution in [0.4, 0.5) is 8.78 Å². The van der Waals surface area contributed by atoms with Gasteiger partial charge >= 0.3 is 5.97 Å². The van der Waals surface area contributed by atoms with Crippen molar-refractivity contribution < 1.29 is 18.7 Å². The first-order valence-electron chi connectivity index (χ1n) is 4.07. The van der Waals surface area contributed by atoms with Crippen molar-refractivity contribution in [1.82, 2.24) is 4.98 Å². The van der Waals surface area contributed by atoms with Gasteiger partial charge in [0.2, 0.25) is 0 Å². The molecule has 1 aromatic rings. The van der Waals surface area contributed by atoms with Gasteiger partial charge in [-0.25, -0.2) is 13.8 Å². The molecule has 3 nitrogen and oxygen atoms in total.